The summed E-state index contributed by atoms with van der Waals surface area (Å²) in [5.74, 6) is 1.80. The second kappa shape index (κ2) is 9.44. The summed E-state index contributed by atoms with van der Waals surface area (Å²) in [4.78, 5) is 17.0. The Labute approximate surface area is 174 Å². The lowest BCUT2D eigenvalue weighted by molar-refractivity contribution is 0.246. The van der Waals surface area contributed by atoms with Gasteiger partial charge in [0.05, 0.1) is 12.8 Å². The highest BCUT2D eigenvalue weighted by Crippen LogP contribution is 2.23. The van der Waals surface area contributed by atoms with Crippen LogP contribution in [0.3, 0.4) is 0 Å². The molecule has 1 saturated heterocycles. The summed E-state index contributed by atoms with van der Waals surface area (Å²) in [5.41, 5.74) is 3.81. The summed E-state index contributed by atoms with van der Waals surface area (Å²) < 4.78 is 5.26. The van der Waals surface area contributed by atoms with Crippen LogP contribution in [0, 0.1) is 0 Å². The molecule has 0 N–H and O–H groups in total. The summed E-state index contributed by atoms with van der Waals surface area (Å²) in [6.07, 6.45) is 7.01. The van der Waals surface area contributed by atoms with Gasteiger partial charge >= 0.3 is 0 Å². The lowest BCUT2D eigenvalue weighted by Gasteiger charge is -2.36. The molecule has 0 aliphatic carbocycles. The summed E-state index contributed by atoms with van der Waals surface area (Å²) in [5, 5.41) is 0. The first-order chi connectivity index (χ1) is 14.3. The molecule has 2 aliphatic heterocycles. The van der Waals surface area contributed by atoms with E-state index in [1.54, 1.807) is 7.11 Å². The molecule has 0 atom stereocenters. The molecule has 3 heterocycles. The number of fused-ring (bicyclic) bond motifs is 1. The fourth-order valence-corrected chi connectivity index (χ4v) is 4.25. The van der Waals surface area contributed by atoms with Crippen molar-refractivity contribution in [3.8, 4) is 5.75 Å². The predicted molar refractivity (Wildman–Crippen MR) is 118 cm³/mol. The van der Waals surface area contributed by atoms with Gasteiger partial charge in [-0.3, -0.25) is 4.90 Å². The van der Waals surface area contributed by atoms with Gasteiger partial charge in [0.25, 0.3) is 0 Å². The maximum atomic E-state index is 5.26. The maximum Gasteiger partial charge on any atom is 0.225 e. The van der Waals surface area contributed by atoms with Crippen molar-refractivity contribution in [3.63, 3.8) is 0 Å². The van der Waals surface area contributed by atoms with Gasteiger partial charge in [0, 0.05) is 63.1 Å². The molecule has 2 aliphatic rings. The van der Waals surface area contributed by atoms with Crippen LogP contribution in [0.25, 0.3) is 0 Å². The molecule has 4 rings (SSSR count). The third-order valence-corrected chi connectivity index (χ3v) is 6.08. The zero-order valence-electron chi connectivity index (χ0n) is 17.8. The molecular formula is C23H33N5O. The Morgan fingerprint density at radius 3 is 2.45 bits per heavy atom. The topological polar surface area (TPSA) is 44.7 Å². The molecule has 2 aromatic rings. The number of hydrogen-bond acceptors (Lipinski definition) is 6. The molecule has 1 aromatic carbocycles. The summed E-state index contributed by atoms with van der Waals surface area (Å²) in [6.45, 7) is 9.46. The molecule has 156 valence electrons. The Balaban J connectivity index is 1.33. The number of benzene rings is 1. The van der Waals surface area contributed by atoms with E-state index in [9.17, 15) is 0 Å². The van der Waals surface area contributed by atoms with Gasteiger partial charge in [-0.05, 0) is 37.2 Å². The van der Waals surface area contributed by atoms with Crippen molar-refractivity contribution in [1.29, 1.82) is 0 Å². The molecule has 0 radical (unpaired) electrons. The SMILES string of the molecule is CCCCCN1CCc2nc(N3CCN(c4ccc(OC)cc4)CC3)ncc2C1. The number of rotatable bonds is 7. The number of unbranched alkanes of at least 4 members (excludes halogenated alkanes) is 2. The van der Waals surface area contributed by atoms with Gasteiger partial charge in [-0.15, -0.1) is 0 Å². The minimum atomic E-state index is 0.901. The van der Waals surface area contributed by atoms with Crippen molar-refractivity contribution < 1.29 is 4.74 Å². The molecule has 1 fully saturated rings. The van der Waals surface area contributed by atoms with Crippen LogP contribution < -0.4 is 14.5 Å². The van der Waals surface area contributed by atoms with Crippen LogP contribution in [0.4, 0.5) is 11.6 Å². The lowest BCUT2D eigenvalue weighted by Crippen LogP contribution is -2.47. The van der Waals surface area contributed by atoms with E-state index in [1.165, 1.54) is 42.8 Å². The largest absolute Gasteiger partial charge is 0.497 e. The van der Waals surface area contributed by atoms with Crippen molar-refractivity contribution in [2.45, 2.75) is 39.2 Å². The Kier molecular flexibility index (Phi) is 6.49. The Morgan fingerprint density at radius 2 is 1.72 bits per heavy atom. The molecule has 6 heteroatoms. The highest BCUT2D eigenvalue weighted by Gasteiger charge is 2.22. The number of methoxy groups -OCH3 is 1. The Bertz CT molecular complexity index is 786. The normalized spacial score (nSPS) is 17.3. The van der Waals surface area contributed by atoms with Gasteiger partial charge in [0.15, 0.2) is 0 Å². The molecule has 0 saturated carbocycles. The van der Waals surface area contributed by atoms with Gasteiger partial charge in [-0.1, -0.05) is 19.8 Å². The lowest BCUT2D eigenvalue weighted by atomic mass is 10.1. The fourth-order valence-electron chi connectivity index (χ4n) is 4.25. The third kappa shape index (κ3) is 4.81. The van der Waals surface area contributed by atoms with Gasteiger partial charge in [0.2, 0.25) is 5.95 Å². The van der Waals surface area contributed by atoms with Crippen molar-refractivity contribution >= 4 is 11.6 Å². The van der Waals surface area contributed by atoms with Gasteiger partial charge in [0.1, 0.15) is 5.75 Å². The van der Waals surface area contributed by atoms with Gasteiger partial charge in [-0.25, -0.2) is 9.97 Å². The number of hydrogen-bond donors (Lipinski definition) is 0. The van der Waals surface area contributed by atoms with E-state index in [-0.39, 0.29) is 0 Å². The van der Waals surface area contributed by atoms with E-state index in [1.807, 2.05) is 12.1 Å². The quantitative estimate of drug-likeness (QED) is 0.670. The molecule has 0 bridgehead atoms. The Morgan fingerprint density at radius 1 is 0.966 bits per heavy atom. The van der Waals surface area contributed by atoms with Crippen LogP contribution in [0.15, 0.2) is 30.5 Å². The van der Waals surface area contributed by atoms with Gasteiger partial charge < -0.3 is 14.5 Å². The van der Waals surface area contributed by atoms with E-state index in [2.05, 4.69) is 40.0 Å². The van der Waals surface area contributed by atoms with E-state index >= 15 is 0 Å². The number of anilines is 2. The van der Waals surface area contributed by atoms with E-state index in [4.69, 9.17) is 14.7 Å². The highest BCUT2D eigenvalue weighted by atomic mass is 16.5. The molecule has 0 unspecified atom stereocenters. The number of nitrogens with zero attached hydrogens (tertiary/aromatic N) is 5. The van der Waals surface area contributed by atoms with Crippen LogP contribution in [0.5, 0.6) is 5.75 Å². The summed E-state index contributed by atoms with van der Waals surface area (Å²) >= 11 is 0. The first-order valence-corrected chi connectivity index (χ1v) is 11.0. The first-order valence-electron chi connectivity index (χ1n) is 11.0. The van der Waals surface area contributed by atoms with E-state index in [0.29, 0.717) is 0 Å². The zero-order valence-corrected chi connectivity index (χ0v) is 17.8. The van der Waals surface area contributed by atoms with Crippen molar-refractivity contribution in [1.82, 2.24) is 14.9 Å². The third-order valence-electron chi connectivity index (χ3n) is 6.08. The molecule has 1 aromatic heterocycles. The number of piperazine rings is 1. The molecular weight excluding hydrogens is 362 g/mol. The maximum absolute atomic E-state index is 5.26. The second-order valence-electron chi connectivity index (χ2n) is 8.05. The Hall–Kier alpha value is -2.34. The first kappa shape index (κ1) is 20.0. The second-order valence-corrected chi connectivity index (χ2v) is 8.05. The van der Waals surface area contributed by atoms with Crippen LogP contribution >= 0.6 is 0 Å². The number of aromatic nitrogens is 2. The smallest absolute Gasteiger partial charge is 0.225 e. The van der Waals surface area contributed by atoms with Crippen LogP contribution in [0.2, 0.25) is 0 Å². The minimum Gasteiger partial charge on any atom is -0.497 e. The van der Waals surface area contributed by atoms with Crippen LogP contribution in [0.1, 0.15) is 37.4 Å². The minimum absolute atomic E-state index is 0.901. The van der Waals surface area contributed by atoms with Crippen LogP contribution in [-0.2, 0) is 13.0 Å². The standard InChI is InChI=1S/C23H33N5O/c1-3-4-5-11-26-12-10-22-19(18-26)17-24-23(25-22)28-15-13-27(14-16-28)20-6-8-21(29-2)9-7-20/h6-9,17H,3-5,10-16,18H2,1-2H3. The van der Waals surface area contributed by atoms with Gasteiger partial charge in [-0.2, -0.15) is 0 Å². The van der Waals surface area contributed by atoms with Crippen molar-refractivity contribution in [3.05, 3.63) is 41.7 Å². The zero-order chi connectivity index (χ0) is 20.1. The fraction of sp³-hybridized carbons (Fsp3) is 0.565. The molecule has 0 amide bonds. The van der Waals surface area contributed by atoms with E-state index in [0.717, 1.165) is 57.4 Å². The van der Waals surface area contributed by atoms with Crippen LogP contribution in [-0.4, -0.2) is 61.2 Å². The average Bonchev–Trinajstić information content (AvgIpc) is 2.79. The summed E-state index contributed by atoms with van der Waals surface area (Å²) in [7, 11) is 1.70. The van der Waals surface area contributed by atoms with Crippen molar-refractivity contribution in [2.75, 3.05) is 56.2 Å². The summed E-state index contributed by atoms with van der Waals surface area (Å²) in [6, 6.07) is 8.33. The number of ether oxygens (including phenoxy) is 1. The molecule has 29 heavy (non-hydrogen) atoms. The molecule has 6 nitrogen and oxygen atoms in total. The average molecular weight is 396 g/mol. The predicted octanol–water partition coefficient (Wildman–Crippen LogP) is 3.36. The monoisotopic (exact) mass is 395 g/mol. The van der Waals surface area contributed by atoms with Crippen molar-refractivity contribution in [2.24, 2.45) is 0 Å². The van der Waals surface area contributed by atoms with E-state index < -0.39 is 0 Å². The molecule has 0 spiro atoms. The highest BCUT2D eigenvalue weighted by molar-refractivity contribution is 5.50.